The van der Waals surface area contributed by atoms with Gasteiger partial charge in [-0.3, -0.25) is 34.6 Å². The summed E-state index contributed by atoms with van der Waals surface area (Å²) in [5.74, 6) is 0. The fraction of sp³-hybridized carbons (Fsp3) is 0. The molecule has 11 nitrogen and oxygen atoms in total. The lowest BCUT2D eigenvalue weighted by molar-refractivity contribution is -0.407. The smallest absolute Gasteiger partial charge is 0.298 e. The van der Waals surface area contributed by atoms with Gasteiger partial charge in [0.05, 0.1) is 26.9 Å². The van der Waals surface area contributed by atoms with Crippen LogP contribution in [0.4, 0.5) is 17.1 Å². The van der Waals surface area contributed by atoms with Crippen molar-refractivity contribution in [3.05, 3.63) is 42.5 Å². The molecule has 1 rings (SSSR count). The molecular weight excluding hydrogens is 274 g/mol. The number of rotatable bonds is 4. The first-order valence-corrected chi connectivity index (χ1v) is 5.03. The average molecular weight is 276 g/mol. The van der Waals surface area contributed by atoms with Crippen molar-refractivity contribution < 1.29 is 23.5 Å². The van der Waals surface area contributed by atoms with Crippen molar-refractivity contribution in [2.75, 3.05) is 0 Å². The van der Waals surface area contributed by atoms with Gasteiger partial charge in [0.2, 0.25) is 0 Å². The quantitative estimate of drug-likeness (QED) is 0.438. The lowest BCUT2D eigenvalue weighted by atomic mass is 10.2. The molecule has 18 heavy (non-hydrogen) atoms. The van der Waals surface area contributed by atoms with Crippen LogP contribution in [0.2, 0.25) is 0 Å². The summed E-state index contributed by atoms with van der Waals surface area (Å²) >= 11 is -3.27. The molecule has 1 aromatic rings. The fourth-order valence-corrected chi connectivity index (χ4v) is 1.74. The number of hydrogen-bond donors (Lipinski definition) is 0. The molecule has 0 aliphatic rings. The predicted molar refractivity (Wildman–Crippen MR) is 53.6 cm³/mol. The van der Waals surface area contributed by atoms with Crippen LogP contribution in [0, 0.1) is 30.3 Å². The van der Waals surface area contributed by atoms with E-state index in [1.165, 1.54) is 0 Å². The van der Waals surface area contributed by atoms with Crippen molar-refractivity contribution >= 4 is 28.1 Å². The van der Waals surface area contributed by atoms with Crippen LogP contribution < -0.4 is 0 Å². The molecule has 0 heterocycles. The van der Waals surface area contributed by atoms with Gasteiger partial charge in [-0.25, -0.2) is 0 Å². The van der Waals surface area contributed by atoms with E-state index in [0.717, 1.165) is 0 Å². The molecule has 12 heteroatoms. The van der Waals surface area contributed by atoms with Gasteiger partial charge in [-0.2, -0.15) is 0 Å². The molecule has 0 fully saturated rings. The first kappa shape index (κ1) is 13.6. The van der Waals surface area contributed by atoms with Gasteiger partial charge in [-0.1, -0.05) is 0 Å². The Morgan fingerprint density at radius 2 is 1.28 bits per heavy atom. The summed E-state index contributed by atoms with van der Waals surface area (Å²) in [5.41, 5.74) is -3.38. The second-order valence-corrected chi connectivity index (χ2v) is 3.70. The molecule has 0 bridgehead atoms. The molecule has 96 valence electrons. The van der Waals surface area contributed by atoms with Gasteiger partial charge in [-0.15, -0.1) is 0 Å². The zero-order valence-corrected chi connectivity index (χ0v) is 8.99. The van der Waals surface area contributed by atoms with Crippen molar-refractivity contribution in [3.63, 3.8) is 0 Å². The van der Waals surface area contributed by atoms with E-state index in [1.54, 1.807) is 0 Å². The zero-order chi connectivity index (χ0) is 14.0. The highest BCUT2D eigenvalue weighted by molar-refractivity contribution is 7.79. The molecule has 1 atom stereocenters. The minimum atomic E-state index is -3.27. The lowest BCUT2D eigenvalue weighted by Gasteiger charge is -2.06. The Morgan fingerprint density at radius 3 is 1.50 bits per heavy atom. The maximum Gasteiger partial charge on any atom is 0.298 e. The van der Waals surface area contributed by atoms with E-state index in [-0.39, 0.29) is 0 Å². The highest BCUT2D eigenvalue weighted by Crippen LogP contribution is 2.35. The number of benzene rings is 1. The second kappa shape index (κ2) is 4.80. The van der Waals surface area contributed by atoms with E-state index in [9.17, 15) is 39.1 Å². The lowest BCUT2D eigenvalue weighted by Crippen LogP contribution is -2.04. The largest absolute Gasteiger partial charge is 0.768 e. The van der Waals surface area contributed by atoms with Gasteiger partial charge < -0.3 is 4.55 Å². The fourth-order valence-electron chi connectivity index (χ4n) is 1.13. The molecule has 0 amide bonds. The summed E-state index contributed by atoms with van der Waals surface area (Å²) in [6.07, 6.45) is 0. The number of hydrogen-bond acceptors (Lipinski definition) is 8. The SMILES string of the molecule is O=[N+]([O-])c1cc([N+](=O)[O-])c(S(=O)[O-])c([N+](=O)[O-])c1. The minimum absolute atomic E-state index is 0.345. The first-order valence-electron chi connectivity index (χ1n) is 3.96. The van der Waals surface area contributed by atoms with Crippen LogP contribution in [-0.2, 0) is 11.1 Å². The third-order valence-corrected chi connectivity index (χ3v) is 2.56. The Labute approximate surface area is 99.8 Å². The van der Waals surface area contributed by atoms with Crippen LogP contribution in [0.3, 0.4) is 0 Å². The van der Waals surface area contributed by atoms with Gasteiger partial charge >= 0.3 is 0 Å². The Hall–Kier alpha value is -2.47. The van der Waals surface area contributed by atoms with Gasteiger partial charge in [0.1, 0.15) is 0 Å². The van der Waals surface area contributed by atoms with Crippen LogP contribution in [0.25, 0.3) is 0 Å². The molecule has 1 aromatic carbocycles. The van der Waals surface area contributed by atoms with E-state index in [2.05, 4.69) is 0 Å². The van der Waals surface area contributed by atoms with Crippen LogP contribution >= 0.6 is 0 Å². The maximum absolute atomic E-state index is 10.8. The molecule has 0 aliphatic heterocycles. The molecule has 1 unspecified atom stereocenters. The third-order valence-electron chi connectivity index (χ3n) is 1.81. The summed E-state index contributed by atoms with van der Waals surface area (Å²) < 4.78 is 21.5. The number of non-ortho nitro benzene ring substituents is 1. The molecule has 0 spiro atoms. The summed E-state index contributed by atoms with van der Waals surface area (Å²) in [6, 6.07) is 0.691. The zero-order valence-electron chi connectivity index (χ0n) is 8.17. The standard InChI is InChI=1S/C6H3N3O8S/c10-7(11)3-1-4(8(12)13)6(18(16)17)5(2-3)9(14)15/h1-2H,(H,16,17)/p-1. The summed E-state index contributed by atoms with van der Waals surface area (Å²) in [4.78, 5) is 26.8. The highest BCUT2D eigenvalue weighted by atomic mass is 32.2. The van der Waals surface area contributed by atoms with E-state index in [1.807, 2.05) is 0 Å². The third kappa shape index (κ3) is 2.44. The molecular formula is C6H2N3O8S-. The molecule has 0 N–H and O–H groups in total. The monoisotopic (exact) mass is 276 g/mol. The van der Waals surface area contributed by atoms with E-state index in [4.69, 9.17) is 0 Å². The molecule has 0 aliphatic carbocycles. The van der Waals surface area contributed by atoms with E-state index >= 15 is 0 Å². The number of nitro groups is 3. The molecule has 0 aromatic heterocycles. The van der Waals surface area contributed by atoms with E-state index < -0.39 is 47.8 Å². The Bertz CT molecular complexity index is 549. The summed E-state index contributed by atoms with van der Waals surface area (Å²) in [7, 11) is 0. The Kier molecular flexibility index (Phi) is 3.63. The van der Waals surface area contributed by atoms with Crippen LogP contribution in [-0.4, -0.2) is 23.5 Å². The minimum Gasteiger partial charge on any atom is -0.768 e. The first-order chi connectivity index (χ1) is 8.25. The summed E-state index contributed by atoms with van der Waals surface area (Å²) in [5, 5.41) is 31.6. The van der Waals surface area contributed by atoms with Crippen LogP contribution in [0.1, 0.15) is 0 Å². The Morgan fingerprint density at radius 1 is 0.889 bits per heavy atom. The highest BCUT2D eigenvalue weighted by Gasteiger charge is 2.31. The average Bonchev–Trinajstić information content (AvgIpc) is 2.26. The van der Waals surface area contributed by atoms with Crippen molar-refractivity contribution in [1.82, 2.24) is 0 Å². The van der Waals surface area contributed by atoms with Crippen molar-refractivity contribution in [2.45, 2.75) is 4.90 Å². The normalized spacial score (nSPS) is 11.8. The predicted octanol–water partition coefficient (Wildman–Crippen LogP) is 0.649. The summed E-state index contributed by atoms with van der Waals surface area (Å²) in [6.45, 7) is 0. The van der Waals surface area contributed by atoms with Crippen LogP contribution in [0.15, 0.2) is 17.0 Å². The second-order valence-electron chi connectivity index (χ2n) is 2.82. The van der Waals surface area contributed by atoms with Crippen molar-refractivity contribution in [1.29, 1.82) is 0 Å². The molecule has 0 radical (unpaired) electrons. The van der Waals surface area contributed by atoms with Crippen molar-refractivity contribution in [3.8, 4) is 0 Å². The number of nitrogens with zero attached hydrogens (tertiary/aromatic N) is 3. The maximum atomic E-state index is 10.8. The van der Waals surface area contributed by atoms with E-state index in [0.29, 0.717) is 12.1 Å². The van der Waals surface area contributed by atoms with Gasteiger partial charge in [0.15, 0.2) is 4.90 Å². The van der Waals surface area contributed by atoms with Gasteiger partial charge in [-0.05, 0) is 11.1 Å². The van der Waals surface area contributed by atoms with Gasteiger partial charge in [0, 0.05) is 0 Å². The van der Waals surface area contributed by atoms with Crippen LogP contribution in [0.5, 0.6) is 0 Å². The van der Waals surface area contributed by atoms with Crippen molar-refractivity contribution in [2.24, 2.45) is 0 Å². The number of nitro benzene ring substituents is 3. The Balaban J connectivity index is 3.76. The molecule has 0 saturated heterocycles. The molecule has 0 saturated carbocycles. The topological polar surface area (TPSA) is 170 Å². The van der Waals surface area contributed by atoms with Gasteiger partial charge in [0.25, 0.3) is 17.1 Å².